The topological polar surface area (TPSA) is 58.6 Å². The Morgan fingerprint density at radius 3 is 2.24 bits per heavy atom. The van der Waals surface area contributed by atoms with Crippen LogP contribution in [0.2, 0.25) is 0 Å². The van der Waals surface area contributed by atoms with Crippen molar-refractivity contribution < 1.29 is 18.7 Å². The maximum atomic E-state index is 13.6. The number of imide groups is 1. The van der Waals surface area contributed by atoms with Crippen LogP contribution in [0.3, 0.4) is 0 Å². The molecule has 3 aromatic carbocycles. The van der Waals surface area contributed by atoms with Crippen LogP contribution in [-0.4, -0.2) is 18.9 Å². The van der Waals surface area contributed by atoms with E-state index in [1.807, 2.05) is 6.07 Å². The molecule has 6 heteroatoms. The number of hydrogen-bond acceptors (Lipinski definition) is 4. The number of amides is 2. The molecular weight excluding hydrogens is 371 g/mol. The van der Waals surface area contributed by atoms with Gasteiger partial charge >= 0.3 is 0 Å². The molecule has 0 saturated heterocycles. The molecule has 5 nitrogen and oxygen atoms in total. The Hall–Kier alpha value is -3.93. The summed E-state index contributed by atoms with van der Waals surface area (Å²) in [6.45, 7) is 0. The van der Waals surface area contributed by atoms with E-state index in [4.69, 9.17) is 4.74 Å². The number of benzene rings is 3. The van der Waals surface area contributed by atoms with Gasteiger partial charge in [0.15, 0.2) is 0 Å². The molecule has 0 unspecified atom stereocenters. The maximum Gasteiger partial charge on any atom is 0.282 e. The molecule has 144 valence electrons. The molecule has 3 aromatic rings. The summed E-state index contributed by atoms with van der Waals surface area (Å²) in [5, 5.41) is 2.94. The molecule has 0 saturated carbocycles. The van der Waals surface area contributed by atoms with Gasteiger partial charge in [-0.15, -0.1) is 0 Å². The highest BCUT2D eigenvalue weighted by Crippen LogP contribution is 2.34. The van der Waals surface area contributed by atoms with Gasteiger partial charge in [-0.3, -0.25) is 9.59 Å². The fraction of sp³-hybridized carbons (Fsp3) is 0.0435. The van der Waals surface area contributed by atoms with Crippen LogP contribution in [-0.2, 0) is 9.59 Å². The van der Waals surface area contributed by atoms with Crippen molar-refractivity contribution in [3.63, 3.8) is 0 Å². The van der Waals surface area contributed by atoms with E-state index in [-0.39, 0.29) is 11.3 Å². The van der Waals surface area contributed by atoms with Gasteiger partial charge in [-0.1, -0.05) is 36.4 Å². The lowest BCUT2D eigenvalue weighted by Gasteiger charge is -2.16. The third-order valence-electron chi connectivity index (χ3n) is 4.57. The van der Waals surface area contributed by atoms with Crippen molar-refractivity contribution in [3.05, 3.63) is 95.9 Å². The number of hydrogen-bond donors (Lipinski definition) is 1. The van der Waals surface area contributed by atoms with Crippen LogP contribution in [0.4, 0.5) is 15.8 Å². The second kappa shape index (κ2) is 7.59. The Bertz CT molecular complexity index is 1110. The predicted octanol–water partition coefficient (Wildman–Crippen LogP) is 4.23. The molecule has 0 spiro atoms. The van der Waals surface area contributed by atoms with Gasteiger partial charge in [-0.25, -0.2) is 9.29 Å². The quantitative estimate of drug-likeness (QED) is 0.665. The summed E-state index contributed by atoms with van der Waals surface area (Å²) in [7, 11) is 1.54. The zero-order valence-electron chi connectivity index (χ0n) is 15.6. The summed E-state index contributed by atoms with van der Waals surface area (Å²) in [6.07, 6.45) is 0. The maximum absolute atomic E-state index is 13.6. The number of halogens is 1. The zero-order valence-corrected chi connectivity index (χ0v) is 15.6. The van der Waals surface area contributed by atoms with E-state index in [9.17, 15) is 14.0 Å². The molecule has 4 rings (SSSR count). The Kier molecular flexibility index (Phi) is 4.83. The van der Waals surface area contributed by atoms with Crippen molar-refractivity contribution in [2.24, 2.45) is 0 Å². The van der Waals surface area contributed by atoms with Gasteiger partial charge in [-0.05, 0) is 48.0 Å². The van der Waals surface area contributed by atoms with Crippen molar-refractivity contribution >= 4 is 28.8 Å². The zero-order chi connectivity index (χ0) is 20.4. The molecule has 1 heterocycles. The first-order chi connectivity index (χ1) is 14.1. The number of methoxy groups -OCH3 is 1. The predicted molar refractivity (Wildman–Crippen MR) is 109 cm³/mol. The first-order valence-corrected chi connectivity index (χ1v) is 8.93. The Morgan fingerprint density at radius 2 is 1.59 bits per heavy atom. The SMILES string of the molecule is COc1ccc(N2C(=O)C(Nc3cccc(F)c3)=C(c3ccccc3)C2=O)cc1. The highest BCUT2D eigenvalue weighted by atomic mass is 19.1. The molecule has 2 amide bonds. The number of rotatable bonds is 5. The number of carbonyl (C=O) groups excluding carboxylic acids is 2. The van der Waals surface area contributed by atoms with Gasteiger partial charge in [-0.2, -0.15) is 0 Å². The first-order valence-electron chi connectivity index (χ1n) is 8.93. The minimum Gasteiger partial charge on any atom is -0.497 e. The summed E-state index contributed by atoms with van der Waals surface area (Å²) >= 11 is 0. The normalized spacial score (nSPS) is 13.8. The molecule has 0 bridgehead atoms. The fourth-order valence-corrected chi connectivity index (χ4v) is 3.19. The van der Waals surface area contributed by atoms with Crippen LogP contribution in [0.25, 0.3) is 5.57 Å². The molecule has 0 radical (unpaired) electrons. The van der Waals surface area contributed by atoms with E-state index in [2.05, 4.69) is 5.32 Å². The number of nitrogens with zero attached hydrogens (tertiary/aromatic N) is 1. The molecule has 0 fully saturated rings. The van der Waals surface area contributed by atoms with Gasteiger partial charge in [0, 0.05) is 5.69 Å². The van der Waals surface area contributed by atoms with Crippen LogP contribution < -0.4 is 15.0 Å². The molecule has 0 aliphatic carbocycles. The van der Waals surface area contributed by atoms with Crippen LogP contribution in [0.5, 0.6) is 5.75 Å². The molecule has 1 aliphatic heterocycles. The van der Waals surface area contributed by atoms with E-state index in [1.54, 1.807) is 54.6 Å². The van der Waals surface area contributed by atoms with E-state index < -0.39 is 17.6 Å². The molecule has 0 aromatic heterocycles. The van der Waals surface area contributed by atoms with Gasteiger partial charge in [0.05, 0.1) is 18.4 Å². The van der Waals surface area contributed by atoms with Crippen LogP contribution >= 0.6 is 0 Å². The second-order valence-electron chi connectivity index (χ2n) is 6.40. The minimum atomic E-state index is -0.511. The van der Waals surface area contributed by atoms with Crippen molar-refractivity contribution in [2.75, 3.05) is 17.3 Å². The lowest BCUT2D eigenvalue weighted by molar-refractivity contribution is -0.120. The van der Waals surface area contributed by atoms with Crippen molar-refractivity contribution in [1.29, 1.82) is 0 Å². The lowest BCUT2D eigenvalue weighted by atomic mass is 10.0. The Labute approximate surface area is 167 Å². The van der Waals surface area contributed by atoms with E-state index >= 15 is 0 Å². The average Bonchev–Trinajstić information content (AvgIpc) is 2.98. The van der Waals surface area contributed by atoms with Crippen molar-refractivity contribution in [2.45, 2.75) is 0 Å². The lowest BCUT2D eigenvalue weighted by Crippen LogP contribution is -2.32. The van der Waals surface area contributed by atoms with Crippen molar-refractivity contribution in [3.8, 4) is 5.75 Å². The standard InChI is InChI=1S/C23H17FN2O3/c1-29-19-12-10-18(11-13-19)26-22(27)20(15-6-3-2-4-7-15)21(23(26)28)25-17-9-5-8-16(24)14-17/h2-14,25H,1H3. The van der Waals surface area contributed by atoms with Gasteiger partial charge in [0.1, 0.15) is 17.3 Å². The largest absolute Gasteiger partial charge is 0.497 e. The molecule has 29 heavy (non-hydrogen) atoms. The third-order valence-corrected chi connectivity index (χ3v) is 4.57. The summed E-state index contributed by atoms with van der Waals surface area (Å²) in [5.41, 5.74) is 1.73. The minimum absolute atomic E-state index is 0.0996. The molecular formula is C23H17FN2O3. The smallest absolute Gasteiger partial charge is 0.282 e. The summed E-state index contributed by atoms with van der Waals surface area (Å²) in [6, 6.07) is 21.3. The highest BCUT2D eigenvalue weighted by molar-refractivity contribution is 6.46. The van der Waals surface area contributed by atoms with E-state index in [0.29, 0.717) is 22.7 Å². The van der Waals surface area contributed by atoms with E-state index in [1.165, 1.54) is 25.3 Å². The molecule has 0 atom stereocenters. The summed E-state index contributed by atoms with van der Waals surface area (Å²) in [4.78, 5) is 27.5. The average molecular weight is 388 g/mol. The highest BCUT2D eigenvalue weighted by Gasteiger charge is 2.40. The number of carbonyl (C=O) groups is 2. The summed E-state index contributed by atoms with van der Waals surface area (Å²) in [5.74, 6) is -0.795. The fourth-order valence-electron chi connectivity index (χ4n) is 3.19. The number of anilines is 2. The van der Waals surface area contributed by atoms with Crippen LogP contribution in [0, 0.1) is 5.82 Å². The van der Waals surface area contributed by atoms with Crippen LogP contribution in [0.15, 0.2) is 84.6 Å². The van der Waals surface area contributed by atoms with Gasteiger partial charge < -0.3 is 10.1 Å². The summed E-state index contributed by atoms with van der Waals surface area (Å²) < 4.78 is 18.8. The van der Waals surface area contributed by atoms with Gasteiger partial charge in [0.2, 0.25) is 0 Å². The molecule has 1 N–H and O–H groups in total. The monoisotopic (exact) mass is 388 g/mol. The number of nitrogens with one attached hydrogen (secondary N) is 1. The van der Waals surface area contributed by atoms with Crippen LogP contribution in [0.1, 0.15) is 5.56 Å². The van der Waals surface area contributed by atoms with Crippen molar-refractivity contribution in [1.82, 2.24) is 0 Å². The molecule has 1 aliphatic rings. The second-order valence-corrected chi connectivity index (χ2v) is 6.40. The Balaban J connectivity index is 1.79. The van der Waals surface area contributed by atoms with E-state index in [0.717, 1.165) is 4.90 Å². The first kappa shape index (κ1) is 18.4. The number of ether oxygens (including phenoxy) is 1. The third kappa shape index (κ3) is 3.48. The van der Waals surface area contributed by atoms with Gasteiger partial charge in [0.25, 0.3) is 11.8 Å². The Morgan fingerprint density at radius 1 is 0.862 bits per heavy atom.